The summed E-state index contributed by atoms with van der Waals surface area (Å²) in [5, 5.41) is 11.7. The SMILES string of the molecule is CCc1nnsc1C(=O)Nc1cc(C(C)(C)C)nn1C(C)(C)C. The van der Waals surface area contributed by atoms with Gasteiger partial charge in [0.2, 0.25) is 0 Å². The third-order valence-electron chi connectivity index (χ3n) is 3.45. The predicted octanol–water partition coefficient (Wildman–Crippen LogP) is 3.60. The van der Waals surface area contributed by atoms with Gasteiger partial charge in [-0.1, -0.05) is 32.2 Å². The third-order valence-corrected chi connectivity index (χ3v) is 4.22. The molecule has 2 heterocycles. The summed E-state index contributed by atoms with van der Waals surface area (Å²) in [4.78, 5) is 13.1. The summed E-state index contributed by atoms with van der Waals surface area (Å²) < 4.78 is 5.75. The molecule has 0 spiro atoms. The van der Waals surface area contributed by atoms with Crippen LogP contribution in [-0.2, 0) is 17.4 Å². The fourth-order valence-electron chi connectivity index (χ4n) is 2.13. The zero-order valence-corrected chi connectivity index (χ0v) is 15.7. The number of aryl methyl sites for hydroxylation is 1. The van der Waals surface area contributed by atoms with Crippen LogP contribution < -0.4 is 5.32 Å². The quantitative estimate of drug-likeness (QED) is 0.930. The summed E-state index contributed by atoms with van der Waals surface area (Å²) in [6, 6.07) is 1.95. The zero-order chi connectivity index (χ0) is 17.4. The monoisotopic (exact) mass is 335 g/mol. The van der Waals surface area contributed by atoms with Crippen LogP contribution in [0.2, 0.25) is 0 Å². The maximum Gasteiger partial charge on any atom is 0.270 e. The number of nitrogens with one attached hydrogen (secondary N) is 1. The number of rotatable bonds is 3. The Hall–Kier alpha value is -1.76. The van der Waals surface area contributed by atoms with Crippen LogP contribution in [-0.4, -0.2) is 25.3 Å². The molecule has 0 aliphatic rings. The minimum absolute atomic E-state index is 0.0867. The second-order valence-electron chi connectivity index (χ2n) is 7.60. The number of anilines is 1. The molecule has 6 nitrogen and oxygen atoms in total. The smallest absolute Gasteiger partial charge is 0.270 e. The minimum Gasteiger partial charge on any atom is -0.306 e. The molecule has 1 N–H and O–H groups in total. The van der Waals surface area contributed by atoms with E-state index in [2.05, 4.69) is 56.4 Å². The molecule has 0 aromatic carbocycles. The van der Waals surface area contributed by atoms with Crippen molar-refractivity contribution in [2.75, 3.05) is 5.32 Å². The van der Waals surface area contributed by atoms with Gasteiger partial charge in [0.05, 0.1) is 16.9 Å². The third kappa shape index (κ3) is 3.77. The van der Waals surface area contributed by atoms with Gasteiger partial charge in [-0.2, -0.15) is 5.10 Å². The van der Waals surface area contributed by atoms with E-state index in [4.69, 9.17) is 5.10 Å². The van der Waals surface area contributed by atoms with Crippen molar-refractivity contribution in [3.63, 3.8) is 0 Å². The van der Waals surface area contributed by atoms with E-state index in [9.17, 15) is 4.79 Å². The largest absolute Gasteiger partial charge is 0.306 e. The van der Waals surface area contributed by atoms with Gasteiger partial charge in [-0.3, -0.25) is 4.79 Å². The Bertz CT molecular complexity index is 703. The van der Waals surface area contributed by atoms with Crippen molar-refractivity contribution in [1.29, 1.82) is 0 Å². The number of hydrogen-bond donors (Lipinski definition) is 1. The Balaban J connectivity index is 2.39. The van der Waals surface area contributed by atoms with Gasteiger partial charge < -0.3 is 5.32 Å². The lowest BCUT2D eigenvalue weighted by Crippen LogP contribution is -2.27. The van der Waals surface area contributed by atoms with Crippen molar-refractivity contribution in [2.45, 2.75) is 65.8 Å². The van der Waals surface area contributed by atoms with Gasteiger partial charge in [0.1, 0.15) is 10.7 Å². The molecule has 0 aliphatic carbocycles. The fraction of sp³-hybridized carbons (Fsp3) is 0.625. The summed E-state index contributed by atoms with van der Waals surface area (Å²) in [5.41, 5.74) is 1.36. The second kappa shape index (κ2) is 6.03. The van der Waals surface area contributed by atoms with E-state index in [1.54, 1.807) is 0 Å². The number of carbonyl (C=O) groups is 1. The van der Waals surface area contributed by atoms with Crippen LogP contribution in [0.1, 0.15) is 69.5 Å². The van der Waals surface area contributed by atoms with Crippen molar-refractivity contribution in [3.05, 3.63) is 22.3 Å². The molecular formula is C16H25N5OS. The number of amides is 1. The number of hydrogen-bond acceptors (Lipinski definition) is 5. The van der Waals surface area contributed by atoms with E-state index >= 15 is 0 Å². The molecule has 23 heavy (non-hydrogen) atoms. The summed E-state index contributed by atoms with van der Waals surface area (Å²) in [6.07, 6.45) is 0.686. The Morgan fingerprint density at radius 2 is 1.91 bits per heavy atom. The van der Waals surface area contributed by atoms with E-state index < -0.39 is 0 Å². The topological polar surface area (TPSA) is 72.7 Å². The van der Waals surface area contributed by atoms with Gasteiger partial charge in [-0.15, -0.1) is 5.10 Å². The van der Waals surface area contributed by atoms with E-state index in [0.717, 1.165) is 22.9 Å². The van der Waals surface area contributed by atoms with E-state index in [1.165, 1.54) is 0 Å². The number of carbonyl (C=O) groups excluding carboxylic acids is 1. The molecule has 2 rings (SSSR count). The average molecular weight is 335 g/mol. The summed E-state index contributed by atoms with van der Waals surface area (Å²) in [6.45, 7) is 14.5. The Labute approximate surface area is 141 Å². The van der Waals surface area contributed by atoms with Crippen LogP contribution in [0.5, 0.6) is 0 Å². The zero-order valence-electron chi connectivity index (χ0n) is 14.9. The molecule has 0 fully saturated rings. The maximum absolute atomic E-state index is 12.6. The van der Waals surface area contributed by atoms with E-state index in [1.807, 2.05) is 17.7 Å². The molecule has 0 saturated carbocycles. The van der Waals surface area contributed by atoms with Gasteiger partial charge in [0.15, 0.2) is 0 Å². The van der Waals surface area contributed by atoms with Crippen molar-refractivity contribution >= 4 is 23.3 Å². The molecule has 126 valence electrons. The first-order valence-corrected chi connectivity index (χ1v) is 8.55. The lowest BCUT2D eigenvalue weighted by atomic mass is 9.92. The molecule has 0 atom stereocenters. The molecule has 0 radical (unpaired) electrons. The molecule has 2 aromatic rings. The van der Waals surface area contributed by atoms with Crippen LogP contribution in [0.4, 0.5) is 5.82 Å². The maximum atomic E-state index is 12.6. The lowest BCUT2D eigenvalue weighted by Gasteiger charge is -2.22. The molecule has 0 bridgehead atoms. The average Bonchev–Trinajstić information content (AvgIpc) is 3.02. The Morgan fingerprint density at radius 1 is 1.26 bits per heavy atom. The molecular weight excluding hydrogens is 310 g/mol. The van der Waals surface area contributed by atoms with Crippen molar-refractivity contribution in [3.8, 4) is 0 Å². The van der Waals surface area contributed by atoms with Gasteiger partial charge in [-0.05, 0) is 38.7 Å². The number of nitrogens with zero attached hydrogens (tertiary/aromatic N) is 4. The highest BCUT2D eigenvalue weighted by Crippen LogP contribution is 2.28. The van der Waals surface area contributed by atoms with Crippen molar-refractivity contribution in [1.82, 2.24) is 19.4 Å². The molecule has 1 amide bonds. The van der Waals surface area contributed by atoms with Crippen LogP contribution in [0, 0.1) is 0 Å². The van der Waals surface area contributed by atoms with Gasteiger partial charge in [0.25, 0.3) is 5.91 Å². The summed E-state index contributed by atoms with van der Waals surface area (Å²) in [5.74, 6) is 0.519. The molecule has 2 aromatic heterocycles. The lowest BCUT2D eigenvalue weighted by molar-refractivity contribution is 0.102. The second-order valence-corrected chi connectivity index (χ2v) is 8.36. The summed E-state index contributed by atoms with van der Waals surface area (Å²) in [7, 11) is 0. The van der Waals surface area contributed by atoms with E-state index in [-0.39, 0.29) is 16.9 Å². The highest BCUT2D eigenvalue weighted by Gasteiger charge is 2.26. The van der Waals surface area contributed by atoms with Gasteiger partial charge in [0, 0.05) is 11.5 Å². The summed E-state index contributed by atoms with van der Waals surface area (Å²) >= 11 is 1.12. The Kier molecular flexibility index (Phi) is 4.61. The van der Waals surface area contributed by atoms with E-state index in [0.29, 0.717) is 17.1 Å². The standard InChI is InChI=1S/C16H25N5OS/c1-8-10-13(23-20-18-10)14(22)17-12-9-11(15(2,3)4)19-21(12)16(5,6)7/h9H,8H2,1-7H3,(H,17,22). The van der Waals surface area contributed by atoms with Gasteiger partial charge in [-0.25, -0.2) is 4.68 Å². The van der Waals surface area contributed by atoms with Crippen molar-refractivity contribution in [2.24, 2.45) is 0 Å². The molecule has 0 aliphatic heterocycles. The Morgan fingerprint density at radius 3 is 2.43 bits per heavy atom. The number of aromatic nitrogens is 4. The molecule has 0 saturated heterocycles. The van der Waals surface area contributed by atoms with Crippen LogP contribution >= 0.6 is 11.5 Å². The fourth-order valence-corrected chi connectivity index (χ4v) is 2.78. The minimum atomic E-state index is -0.231. The first kappa shape index (κ1) is 17.6. The van der Waals surface area contributed by atoms with Crippen LogP contribution in [0.25, 0.3) is 0 Å². The molecule has 7 heteroatoms. The first-order valence-electron chi connectivity index (χ1n) is 7.77. The molecule has 0 unspecified atom stereocenters. The first-order chi connectivity index (χ1) is 10.5. The van der Waals surface area contributed by atoms with Crippen molar-refractivity contribution < 1.29 is 4.79 Å². The normalized spacial score (nSPS) is 12.5. The highest BCUT2D eigenvalue weighted by molar-refractivity contribution is 7.08. The van der Waals surface area contributed by atoms with Gasteiger partial charge >= 0.3 is 0 Å². The van der Waals surface area contributed by atoms with Crippen LogP contribution in [0.15, 0.2) is 6.07 Å². The highest BCUT2D eigenvalue weighted by atomic mass is 32.1. The van der Waals surface area contributed by atoms with Crippen LogP contribution in [0.3, 0.4) is 0 Å². The predicted molar refractivity (Wildman–Crippen MR) is 93.2 cm³/mol.